The summed E-state index contributed by atoms with van der Waals surface area (Å²) in [5.74, 6) is 0.324. The van der Waals surface area contributed by atoms with E-state index >= 15 is 0 Å². The largest absolute Gasteiger partial charge is 0.508 e. The van der Waals surface area contributed by atoms with Crippen LogP contribution in [0.1, 0.15) is 0 Å². The minimum Gasteiger partial charge on any atom is -0.508 e. The lowest BCUT2D eigenvalue weighted by molar-refractivity contribution is 0.474. The summed E-state index contributed by atoms with van der Waals surface area (Å²) in [5.41, 5.74) is 1.48. The first-order valence-electron chi connectivity index (χ1n) is 4.45. The molecule has 0 aromatic heterocycles. The van der Waals surface area contributed by atoms with Crippen LogP contribution < -0.4 is 0 Å². The second-order valence-electron chi connectivity index (χ2n) is 3.21. The van der Waals surface area contributed by atoms with Crippen molar-refractivity contribution in [2.45, 2.75) is 0 Å². The van der Waals surface area contributed by atoms with Crippen molar-refractivity contribution in [1.82, 2.24) is 0 Å². The molecule has 2 aromatic carbocycles. The fourth-order valence-corrected chi connectivity index (χ4v) is 1.63. The van der Waals surface area contributed by atoms with Gasteiger partial charge in [-0.3, -0.25) is 0 Å². The lowest BCUT2D eigenvalue weighted by Crippen LogP contribution is -1.79. The third kappa shape index (κ3) is 2.05. The van der Waals surface area contributed by atoms with E-state index in [1.807, 2.05) is 6.07 Å². The monoisotopic (exact) mass is 220 g/mol. The van der Waals surface area contributed by atoms with Gasteiger partial charge in [0.25, 0.3) is 0 Å². The van der Waals surface area contributed by atoms with Gasteiger partial charge in [0.2, 0.25) is 0 Å². The van der Waals surface area contributed by atoms with Gasteiger partial charge in [0.05, 0.1) is 0 Å². The van der Waals surface area contributed by atoms with Crippen LogP contribution in [0.5, 0.6) is 11.5 Å². The number of phenolic OH excluding ortho intramolecular Hbond substituents is 2. The summed E-state index contributed by atoms with van der Waals surface area (Å²) in [5, 5.41) is 19.2. The predicted octanol–water partition coefficient (Wildman–Crippen LogP) is 3.42. The summed E-state index contributed by atoms with van der Waals surface area (Å²) >= 11 is 5.99. The third-order valence-corrected chi connectivity index (χ3v) is 2.44. The highest BCUT2D eigenvalue weighted by Gasteiger charge is 2.04. The smallest absolute Gasteiger partial charge is 0.116 e. The molecule has 2 N–H and O–H groups in total. The summed E-state index contributed by atoms with van der Waals surface area (Å²) in [4.78, 5) is 0. The van der Waals surface area contributed by atoms with E-state index in [9.17, 15) is 10.2 Å². The number of rotatable bonds is 1. The van der Waals surface area contributed by atoms with Crippen molar-refractivity contribution in [1.29, 1.82) is 0 Å². The van der Waals surface area contributed by atoms with Crippen LogP contribution in [0.3, 0.4) is 0 Å². The van der Waals surface area contributed by atoms with Crippen LogP contribution in [-0.4, -0.2) is 10.2 Å². The Morgan fingerprint density at radius 3 is 2.33 bits per heavy atom. The van der Waals surface area contributed by atoms with Gasteiger partial charge in [-0.05, 0) is 35.9 Å². The molecule has 76 valence electrons. The van der Waals surface area contributed by atoms with Gasteiger partial charge in [-0.15, -0.1) is 0 Å². The van der Waals surface area contributed by atoms with Gasteiger partial charge in [0, 0.05) is 10.6 Å². The molecule has 0 aliphatic rings. The number of aromatic hydroxyl groups is 2. The Bertz CT molecular complexity index is 495. The Morgan fingerprint density at radius 1 is 0.867 bits per heavy atom. The molecule has 0 aliphatic heterocycles. The summed E-state index contributed by atoms with van der Waals surface area (Å²) < 4.78 is 0. The topological polar surface area (TPSA) is 40.5 Å². The van der Waals surface area contributed by atoms with Gasteiger partial charge in [-0.25, -0.2) is 0 Å². The molecule has 2 aromatic rings. The van der Waals surface area contributed by atoms with Gasteiger partial charge in [-0.2, -0.15) is 0 Å². The van der Waals surface area contributed by atoms with Crippen LogP contribution >= 0.6 is 11.6 Å². The lowest BCUT2D eigenvalue weighted by Gasteiger charge is -2.05. The normalized spacial score (nSPS) is 10.2. The fourth-order valence-electron chi connectivity index (χ4n) is 1.41. The Labute approximate surface area is 92.4 Å². The molecule has 0 fully saturated rings. The van der Waals surface area contributed by atoms with Crippen molar-refractivity contribution < 1.29 is 10.2 Å². The second-order valence-corrected chi connectivity index (χ2v) is 3.62. The third-order valence-electron chi connectivity index (χ3n) is 2.11. The van der Waals surface area contributed by atoms with Crippen LogP contribution in [0, 0.1) is 0 Å². The van der Waals surface area contributed by atoms with Crippen LogP contribution in [0.15, 0.2) is 42.5 Å². The van der Waals surface area contributed by atoms with Gasteiger partial charge in [0.1, 0.15) is 11.5 Å². The number of benzene rings is 2. The molecule has 2 nitrogen and oxygen atoms in total. The van der Waals surface area contributed by atoms with E-state index in [1.165, 1.54) is 6.07 Å². The summed E-state index contributed by atoms with van der Waals surface area (Å²) in [6, 6.07) is 11.4. The number of halogens is 1. The molecule has 2 rings (SSSR count). The first kappa shape index (κ1) is 9.87. The predicted molar refractivity (Wildman–Crippen MR) is 60.2 cm³/mol. The summed E-state index contributed by atoms with van der Waals surface area (Å²) in [6.45, 7) is 0. The zero-order valence-electron chi connectivity index (χ0n) is 7.81. The average molecular weight is 221 g/mol. The molecule has 0 amide bonds. The van der Waals surface area contributed by atoms with Crippen LogP contribution in [-0.2, 0) is 0 Å². The van der Waals surface area contributed by atoms with Gasteiger partial charge in [-0.1, -0.05) is 23.7 Å². The Hall–Kier alpha value is -1.67. The minimum atomic E-state index is 0.151. The quantitative estimate of drug-likeness (QED) is 0.773. The Kier molecular flexibility index (Phi) is 2.52. The van der Waals surface area contributed by atoms with Gasteiger partial charge >= 0.3 is 0 Å². The molecular formula is C12H9ClO2. The van der Waals surface area contributed by atoms with Crippen molar-refractivity contribution in [3.63, 3.8) is 0 Å². The van der Waals surface area contributed by atoms with Crippen molar-refractivity contribution in [2.75, 3.05) is 0 Å². The molecule has 0 bridgehead atoms. The molecule has 0 saturated heterocycles. The highest BCUT2D eigenvalue weighted by molar-refractivity contribution is 6.33. The first-order valence-corrected chi connectivity index (χ1v) is 4.82. The number of phenols is 2. The van der Waals surface area contributed by atoms with E-state index in [0.29, 0.717) is 10.6 Å². The van der Waals surface area contributed by atoms with Crippen molar-refractivity contribution in [3.05, 3.63) is 47.5 Å². The molecule has 0 spiro atoms. The molecule has 3 heteroatoms. The van der Waals surface area contributed by atoms with Crippen molar-refractivity contribution in [2.24, 2.45) is 0 Å². The fraction of sp³-hybridized carbons (Fsp3) is 0. The zero-order valence-corrected chi connectivity index (χ0v) is 8.57. The molecule has 15 heavy (non-hydrogen) atoms. The summed E-state index contributed by atoms with van der Waals surface area (Å²) in [6.07, 6.45) is 0. The van der Waals surface area contributed by atoms with Gasteiger partial charge < -0.3 is 10.2 Å². The molecule has 0 radical (unpaired) electrons. The highest BCUT2D eigenvalue weighted by Crippen LogP contribution is 2.32. The average Bonchev–Trinajstić information content (AvgIpc) is 2.22. The molecule has 0 heterocycles. The van der Waals surface area contributed by atoms with E-state index in [2.05, 4.69) is 0 Å². The maximum Gasteiger partial charge on any atom is 0.116 e. The Balaban J connectivity index is 2.58. The minimum absolute atomic E-state index is 0.151. The van der Waals surface area contributed by atoms with E-state index < -0.39 is 0 Å². The number of hydrogen-bond acceptors (Lipinski definition) is 2. The van der Waals surface area contributed by atoms with E-state index in [0.717, 1.165) is 5.56 Å². The van der Waals surface area contributed by atoms with E-state index in [1.54, 1.807) is 30.3 Å². The van der Waals surface area contributed by atoms with Crippen LogP contribution in [0.25, 0.3) is 11.1 Å². The molecule has 0 saturated carbocycles. The molecular weight excluding hydrogens is 212 g/mol. The van der Waals surface area contributed by atoms with Crippen molar-refractivity contribution >= 4 is 11.6 Å². The standard InChI is InChI=1S/C12H9ClO2/c13-12-5-4-10(15)7-11(12)8-2-1-3-9(14)6-8/h1-7,14-15H. The molecule has 0 unspecified atom stereocenters. The van der Waals surface area contributed by atoms with Crippen molar-refractivity contribution in [3.8, 4) is 22.6 Å². The van der Waals surface area contributed by atoms with Gasteiger partial charge in [0.15, 0.2) is 0 Å². The Morgan fingerprint density at radius 2 is 1.60 bits per heavy atom. The van der Waals surface area contributed by atoms with E-state index in [4.69, 9.17) is 11.6 Å². The first-order chi connectivity index (χ1) is 7.16. The van der Waals surface area contributed by atoms with Crippen LogP contribution in [0.2, 0.25) is 5.02 Å². The second kappa shape index (κ2) is 3.83. The maximum atomic E-state index is 9.35. The number of hydrogen-bond donors (Lipinski definition) is 2. The molecule has 0 aliphatic carbocycles. The lowest BCUT2D eigenvalue weighted by atomic mass is 10.1. The summed E-state index contributed by atoms with van der Waals surface area (Å²) in [7, 11) is 0. The zero-order chi connectivity index (χ0) is 10.8. The highest BCUT2D eigenvalue weighted by atomic mass is 35.5. The van der Waals surface area contributed by atoms with Crippen LogP contribution in [0.4, 0.5) is 0 Å². The SMILES string of the molecule is Oc1cccc(-c2cc(O)ccc2Cl)c1. The maximum absolute atomic E-state index is 9.35. The molecule has 0 atom stereocenters. The van der Waals surface area contributed by atoms with E-state index in [-0.39, 0.29) is 11.5 Å².